The molecule has 0 bridgehead atoms. The first-order valence-corrected chi connectivity index (χ1v) is 7.81. The van der Waals surface area contributed by atoms with E-state index in [0.29, 0.717) is 6.42 Å². The van der Waals surface area contributed by atoms with Crippen molar-refractivity contribution in [1.29, 1.82) is 0 Å². The molecule has 0 aliphatic carbocycles. The van der Waals surface area contributed by atoms with Gasteiger partial charge in [-0.15, -0.1) is 0 Å². The van der Waals surface area contributed by atoms with Crippen LogP contribution in [0.15, 0.2) is 36.4 Å². The Morgan fingerprint density at radius 3 is 2.52 bits per heavy atom. The number of hydrogen-bond acceptors (Lipinski definition) is 2. The van der Waals surface area contributed by atoms with Gasteiger partial charge >= 0.3 is 0 Å². The maximum Gasteiger partial charge on any atom is 0.223 e. The molecule has 0 heterocycles. The van der Waals surface area contributed by atoms with Crippen molar-refractivity contribution in [1.82, 2.24) is 10.2 Å². The molecule has 0 unspecified atom stereocenters. The Bertz CT molecular complexity index is 412. The van der Waals surface area contributed by atoms with Crippen LogP contribution in [-0.4, -0.2) is 38.0 Å². The number of rotatable bonds is 10. The van der Waals surface area contributed by atoms with Crippen molar-refractivity contribution >= 4 is 12.0 Å². The second-order valence-electron chi connectivity index (χ2n) is 5.58. The van der Waals surface area contributed by atoms with Gasteiger partial charge < -0.3 is 10.2 Å². The first kappa shape index (κ1) is 17.4. The molecule has 1 aromatic rings. The molecule has 3 nitrogen and oxygen atoms in total. The molecule has 1 N–H and O–H groups in total. The Kier molecular flexibility index (Phi) is 9.21. The van der Waals surface area contributed by atoms with Crippen LogP contribution in [0.25, 0.3) is 6.08 Å². The minimum Gasteiger partial charge on any atom is -0.356 e. The lowest BCUT2D eigenvalue weighted by Crippen LogP contribution is -2.23. The van der Waals surface area contributed by atoms with Gasteiger partial charge in [0.25, 0.3) is 0 Å². The van der Waals surface area contributed by atoms with Crippen LogP contribution in [0, 0.1) is 0 Å². The quantitative estimate of drug-likeness (QED) is 0.670. The zero-order chi connectivity index (χ0) is 15.3. The van der Waals surface area contributed by atoms with Crippen LogP contribution in [0.5, 0.6) is 0 Å². The van der Waals surface area contributed by atoms with Crippen molar-refractivity contribution in [2.75, 3.05) is 27.2 Å². The number of amides is 1. The lowest BCUT2D eigenvalue weighted by Gasteiger charge is -2.08. The molecule has 0 spiro atoms. The number of nitrogens with one attached hydrogen (secondary N) is 1. The molecule has 0 aliphatic heterocycles. The third-order valence-electron chi connectivity index (χ3n) is 3.27. The molecular formula is C18H28N2O. The fourth-order valence-corrected chi connectivity index (χ4v) is 2.07. The summed E-state index contributed by atoms with van der Waals surface area (Å²) in [4.78, 5) is 13.9. The van der Waals surface area contributed by atoms with E-state index in [-0.39, 0.29) is 5.91 Å². The van der Waals surface area contributed by atoms with Crippen LogP contribution < -0.4 is 5.32 Å². The van der Waals surface area contributed by atoms with Gasteiger partial charge in [-0.3, -0.25) is 4.79 Å². The molecule has 0 radical (unpaired) electrons. The van der Waals surface area contributed by atoms with E-state index in [9.17, 15) is 4.79 Å². The highest BCUT2D eigenvalue weighted by Crippen LogP contribution is 2.02. The summed E-state index contributed by atoms with van der Waals surface area (Å²) in [5.41, 5.74) is 1.13. The maximum absolute atomic E-state index is 11.6. The second kappa shape index (κ2) is 11.1. The van der Waals surface area contributed by atoms with Gasteiger partial charge in [-0.1, -0.05) is 55.3 Å². The molecule has 0 atom stereocenters. The van der Waals surface area contributed by atoms with Gasteiger partial charge in [-0.25, -0.2) is 0 Å². The van der Waals surface area contributed by atoms with E-state index in [0.717, 1.165) is 25.1 Å². The number of hydrogen-bond donors (Lipinski definition) is 1. The molecule has 1 amide bonds. The van der Waals surface area contributed by atoms with Gasteiger partial charge in [-0.05, 0) is 39.0 Å². The number of carbonyl (C=O) groups excluding carboxylic acids is 1. The summed E-state index contributed by atoms with van der Waals surface area (Å²) in [5, 5.41) is 2.97. The number of unbranched alkanes of at least 4 members (excludes halogenated alkanes) is 3. The average Bonchev–Trinajstić information content (AvgIpc) is 2.47. The lowest BCUT2D eigenvalue weighted by atomic mass is 10.2. The molecule has 0 saturated carbocycles. The van der Waals surface area contributed by atoms with Crippen LogP contribution in [0.3, 0.4) is 0 Å². The number of nitrogens with zero attached hydrogens (tertiary/aromatic N) is 1. The largest absolute Gasteiger partial charge is 0.356 e. The second-order valence-corrected chi connectivity index (χ2v) is 5.58. The highest BCUT2D eigenvalue weighted by atomic mass is 16.1. The summed E-state index contributed by atoms with van der Waals surface area (Å²) < 4.78 is 0. The SMILES string of the molecule is CN(C)CCCCCCNC(=O)C/C=C/c1ccccc1. The van der Waals surface area contributed by atoms with Crippen LogP contribution in [0.2, 0.25) is 0 Å². The molecular weight excluding hydrogens is 260 g/mol. The third-order valence-corrected chi connectivity index (χ3v) is 3.27. The predicted octanol–water partition coefficient (Wildman–Crippen LogP) is 3.33. The number of carbonyl (C=O) groups is 1. The van der Waals surface area contributed by atoms with Crippen molar-refractivity contribution < 1.29 is 4.79 Å². The highest BCUT2D eigenvalue weighted by Gasteiger charge is 1.97. The van der Waals surface area contributed by atoms with Gasteiger partial charge in [0.2, 0.25) is 5.91 Å². The van der Waals surface area contributed by atoms with E-state index < -0.39 is 0 Å². The fourth-order valence-electron chi connectivity index (χ4n) is 2.07. The van der Waals surface area contributed by atoms with Crippen LogP contribution in [-0.2, 0) is 4.79 Å². The van der Waals surface area contributed by atoms with Crippen LogP contribution >= 0.6 is 0 Å². The summed E-state index contributed by atoms with van der Waals surface area (Å²) >= 11 is 0. The molecule has 0 aliphatic rings. The summed E-state index contributed by atoms with van der Waals surface area (Å²) in [7, 11) is 4.20. The first-order valence-electron chi connectivity index (χ1n) is 7.81. The smallest absolute Gasteiger partial charge is 0.223 e. The van der Waals surface area contributed by atoms with Crippen LogP contribution in [0.1, 0.15) is 37.7 Å². The molecule has 0 saturated heterocycles. The van der Waals surface area contributed by atoms with Crippen LogP contribution in [0.4, 0.5) is 0 Å². The molecule has 3 heteroatoms. The minimum absolute atomic E-state index is 0.107. The zero-order valence-corrected chi connectivity index (χ0v) is 13.3. The molecule has 1 aromatic carbocycles. The highest BCUT2D eigenvalue weighted by molar-refractivity contribution is 5.78. The summed E-state index contributed by atoms with van der Waals surface area (Å²) in [6.45, 7) is 1.94. The van der Waals surface area contributed by atoms with Gasteiger partial charge in [-0.2, -0.15) is 0 Å². The van der Waals surface area contributed by atoms with Crippen molar-refractivity contribution in [3.05, 3.63) is 42.0 Å². The monoisotopic (exact) mass is 288 g/mol. The van der Waals surface area contributed by atoms with E-state index in [1.54, 1.807) is 0 Å². The Morgan fingerprint density at radius 1 is 1.10 bits per heavy atom. The first-order chi connectivity index (χ1) is 10.2. The van der Waals surface area contributed by atoms with E-state index in [2.05, 4.69) is 24.3 Å². The molecule has 1 rings (SSSR count). The third kappa shape index (κ3) is 9.85. The topological polar surface area (TPSA) is 32.3 Å². The van der Waals surface area contributed by atoms with Gasteiger partial charge in [0.1, 0.15) is 0 Å². The summed E-state index contributed by atoms with van der Waals surface area (Å²) in [6, 6.07) is 10.0. The summed E-state index contributed by atoms with van der Waals surface area (Å²) in [5.74, 6) is 0.107. The molecule has 116 valence electrons. The normalized spacial score (nSPS) is 11.2. The standard InChI is InChI=1S/C18H28N2O/c1-20(2)16-9-4-3-8-15-19-18(21)14-10-13-17-11-6-5-7-12-17/h5-7,10-13H,3-4,8-9,14-16H2,1-2H3,(H,19,21)/b13-10+. The Hall–Kier alpha value is -1.61. The van der Waals surface area contributed by atoms with E-state index >= 15 is 0 Å². The molecule has 0 aromatic heterocycles. The van der Waals surface area contributed by atoms with Crippen molar-refractivity contribution in [3.8, 4) is 0 Å². The number of benzene rings is 1. The minimum atomic E-state index is 0.107. The van der Waals surface area contributed by atoms with Crippen molar-refractivity contribution in [3.63, 3.8) is 0 Å². The zero-order valence-electron chi connectivity index (χ0n) is 13.3. The van der Waals surface area contributed by atoms with Gasteiger partial charge in [0, 0.05) is 13.0 Å². The lowest BCUT2D eigenvalue weighted by molar-refractivity contribution is -0.120. The average molecular weight is 288 g/mol. The molecule has 21 heavy (non-hydrogen) atoms. The Balaban J connectivity index is 2.00. The Morgan fingerprint density at radius 2 is 1.81 bits per heavy atom. The van der Waals surface area contributed by atoms with E-state index in [1.807, 2.05) is 42.5 Å². The van der Waals surface area contributed by atoms with Gasteiger partial charge in [0.15, 0.2) is 0 Å². The fraction of sp³-hybridized carbons (Fsp3) is 0.500. The van der Waals surface area contributed by atoms with Gasteiger partial charge in [0.05, 0.1) is 0 Å². The Labute approximate surface area is 129 Å². The van der Waals surface area contributed by atoms with Crippen molar-refractivity contribution in [2.45, 2.75) is 32.1 Å². The maximum atomic E-state index is 11.6. The van der Waals surface area contributed by atoms with E-state index in [4.69, 9.17) is 0 Å². The molecule has 0 fully saturated rings. The van der Waals surface area contributed by atoms with E-state index in [1.165, 1.54) is 19.3 Å². The van der Waals surface area contributed by atoms with Crippen molar-refractivity contribution in [2.24, 2.45) is 0 Å². The summed E-state index contributed by atoms with van der Waals surface area (Å²) in [6.07, 6.45) is 9.09. The predicted molar refractivity (Wildman–Crippen MR) is 90.1 cm³/mol.